The van der Waals surface area contributed by atoms with Gasteiger partial charge in [0.2, 0.25) is 0 Å². The molecule has 0 aliphatic rings. The van der Waals surface area contributed by atoms with E-state index >= 15 is 0 Å². The third kappa shape index (κ3) is 7.21. The number of hydrogen-bond acceptors (Lipinski definition) is 3. The molecule has 0 saturated carbocycles. The van der Waals surface area contributed by atoms with Crippen LogP contribution in [0.3, 0.4) is 0 Å². The molecule has 140 valence electrons. The van der Waals surface area contributed by atoms with Gasteiger partial charge in [0.15, 0.2) is 0 Å². The standard InChI is InChI=1S/C6H13O.C5H11O.C4H10N.C4H9.Sn/c1-4-6(3,7)5-2;1-4-6-5(2)3;1-2-3-4-5;1-3-4-2;/h4-5H2,1-3H3;4H2,1-3H3;5H,2-4H2,1H3;1,3-4H2,2H3;/q-1;;-1;;+2. The van der Waals surface area contributed by atoms with E-state index in [0.29, 0.717) is 0 Å². The molecule has 0 bridgehead atoms. The Kier molecular flexibility index (Phi) is 11.7. The van der Waals surface area contributed by atoms with Crippen molar-refractivity contribution in [2.75, 3.05) is 13.2 Å². The second-order valence-electron chi connectivity index (χ2n) is 7.41. The first-order chi connectivity index (χ1) is 10.8. The van der Waals surface area contributed by atoms with Gasteiger partial charge in [-0.1, -0.05) is 0 Å². The molecule has 0 spiro atoms. The number of rotatable bonds is 14. The Morgan fingerprint density at radius 1 is 0.870 bits per heavy atom. The van der Waals surface area contributed by atoms with Crippen molar-refractivity contribution in [3.05, 3.63) is 0 Å². The van der Waals surface area contributed by atoms with Gasteiger partial charge in [0.05, 0.1) is 0 Å². The molecule has 0 aromatic heterocycles. The summed E-state index contributed by atoms with van der Waals surface area (Å²) in [6, 6.07) is 0. The molecular formula is C19H43NO2Sn. The van der Waals surface area contributed by atoms with Crippen LogP contribution in [0.25, 0.3) is 0 Å². The van der Waals surface area contributed by atoms with Crippen LogP contribution in [0, 0.1) is 0 Å². The zero-order valence-corrected chi connectivity index (χ0v) is 20.0. The molecule has 0 rings (SSSR count). The Bertz CT molecular complexity index is 306. The predicted octanol–water partition coefficient (Wildman–Crippen LogP) is 5.57. The summed E-state index contributed by atoms with van der Waals surface area (Å²) in [6.07, 6.45) is 7.00. The van der Waals surface area contributed by atoms with Crippen molar-refractivity contribution in [3.8, 4) is 0 Å². The van der Waals surface area contributed by atoms with Crippen LogP contribution < -0.4 is 3.54 Å². The monoisotopic (exact) mass is 437 g/mol. The zero-order chi connectivity index (χ0) is 18.0. The molecule has 0 aliphatic carbocycles. The average Bonchev–Trinajstić information content (AvgIpc) is 2.52. The number of hydrogen-bond donors (Lipinski definition) is 1. The van der Waals surface area contributed by atoms with Crippen molar-refractivity contribution < 1.29 is 7.81 Å². The summed E-state index contributed by atoms with van der Waals surface area (Å²) in [7, 11) is 0. The maximum atomic E-state index is 7.06. The Balaban J connectivity index is 5.61. The van der Waals surface area contributed by atoms with Crippen LogP contribution in [0.15, 0.2) is 0 Å². The second kappa shape index (κ2) is 11.3. The van der Waals surface area contributed by atoms with Crippen LogP contribution in [0.2, 0.25) is 4.44 Å². The van der Waals surface area contributed by atoms with Gasteiger partial charge in [-0.15, -0.1) is 0 Å². The van der Waals surface area contributed by atoms with Gasteiger partial charge in [0.1, 0.15) is 0 Å². The molecule has 3 nitrogen and oxygen atoms in total. The Hall–Kier alpha value is 0.679. The van der Waals surface area contributed by atoms with Gasteiger partial charge < -0.3 is 0 Å². The van der Waals surface area contributed by atoms with E-state index in [9.17, 15) is 0 Å². The first-order valence-electron chi connectivity index (χ1n) is 9.85. The first-order valence-corrected chi connectivity index (χ1v) is 15.9. The molecule has 0 amide bonds. The Morgan fingerprint density at radius 3 is 1.87 bits per heavy atom. The van der Waals surface area contributed by atoms with Gasteiger partial charge in [-0.2, -0.15) is 0 Å². The SMILES string of the molecule is CCCC[NH][Sn]([CH2]CCC)([O]C(C)(CC)CC)[C](C)(C)OCC. The van der Waals surface area contributed by atoms with Gasteiger partial charge in [-0.25, -0.2) is 0 Å². The fourth-order valence-electron chi connectivity index (χ4n) is 3.00. The van der Waals surface area contributed by atoms with E-state index in [2.05, 4.69) is 58.9 Å². The molecule has 0 saturated heterocycles. The van der Waals surface area contributed by atoms with Gasteiger partial charge >= 0.3 is 151 Å². The van der Waals surface area contributed by atoms with Crippen molar-refractivity contribution >= 4 is 19.1 Å². The number of ether oxygens (including phenoxy) is 1. The molecule has 0 aromatic carbocycles. The van der Waals surface area contributed by atoms with Crippen molar-refractivity contribution in [2.24, 2.45) is 0 Å². The minimum absolute atomic E-state index is 0.0303. The molecule has 0 fully saturated rings. The fourth-order valence-corrected chi connectivity index (χ4v) is 16.0. The molecular weight excluding hydrogens is 393 g/mol. The molecule has 1 N–H and O–H groups in total. The van der Waals surface area contributed by atoms with E-state index in [1.54, 1.807) is 0 Å². The summed E-state index contributed by atoms with van der Waals surface area (Å²) in [5.41, 5.74) is -0.0303. The summed E-state index contributed by atoms with van der Waals surface area (Å²) in [4.78, 5) is 0. The van der Waals surface area contributed by atoms with E-state index in [0.717, 1.165) is 26.0 Å². The van der Waals surface area contributed by atoms with E-state index in [1.807, 2.05) is 0 Å². The summed E-state index contributed by atoms with van der Waals surface area (Å²) in [5, 5.41) is 0. The van der Waals surface area contributed by atoms with Gasteiger partial charge in [0, 0.05) is 0 Å². The summed E-state index contributed by atoms with van der Waals surface area (Å²) in [6.45, 7) is 19.8. The second-order valence-corrected chi connectivity index (χ2v) is 18.6. The molecule has 4 heteroatoms. The van der Waals surface area contributed by atoms with E-state index in [1.165, 1.54) is 30.1 Å². The maximum absolute atomic E-state index is 7.06. The Morgan fingerprint density at radius 2 is 1.43 bits per heavy atom. The molecule has 1 atom stereocenters. The average molecular weight is 436 g/mol. The van der Waals surface area contributed by atoms with E-state index < -0.39 is 19.1 Å². The topological polar surface area (TPSA) is 30.5 Å². The number of unbranched alkanes of at least 4 members (excludes halogenated alkanes) is 2. The third-order valence-electron chi connectivity index (χ3n) is 5.22. The van der Waals surface area contributed by atoms with Crippen molar-refractivity contribution in [1.82, 2.24) is 3.54 Å². The normalized spacial score (nSPS) is 15.7. The van der Waals surface area contributed by atoms with Crippen LogP contribution in [0.1, 0.15) is 93.9 Å². The molecule has 0 aliphatic heterocycles. The van der Waals surface area contributed by atoms with E-state index in [4.69, 9.17) is 7.81 Å². The molecule has 0 aromatic rings. The molecule has 23 heavy (non-hydrogen) atoms. The minimum atomic E-state index is -3.18. The van der Waals surface area contributed by atoms with Crippen LogP contribution in [0.4, 0.5) is 0 Å². The van der Waals surface area contributed by atoms with Crippen LogP contribution in [0.5, 0.6) is 0 Å². The van der Waals surface area contributed by atoms with Crippen molar-refractivity contribution in [3.63, 3.8) is 0 Å². The van der Waals surface area contributed by atoms with Gasteiger partial charge in [-0.3, -0.25) is 0 Å². The van der Waals surface area contributed by atoms with Crippen molar-refractivity contribution in [2.45, 2.75) is 108 Å². The zero-order valence-electron chi connectivity index (χ0n) is 17.2. The summed E-state index contributed by atoms with van der Waals surface area (Å²) < 4.78 is 18.3. The molecule has 0 heterocycles. The number of nitrogens with one attached hydrogen (secondary N) is 1. The van der Waals surface area contributed by atoms with E-state index in [-0.39, 0.29) is 9.22 Å². The van der Waals surface area contributed by atoms with Crippen molar-refractivity contribution in [1.29, 1.82) is 0 Å². The van der Waals surface area contributed by atoms with Gasteiger partial charge in [0.25, 0.3) is 0 Å². The molecule has 1 unspecified atom stereocenters. The third-order valence-corrected chi connectivity index (χ3v) is 18.9. The van der Waals surface area contributed by atoms with Crippen LogP contribution in [-0.4, -0.2) is 41.4 Å². The van der Waals surface area contributed by atoms with Crippen LogP contribution in [-0.2, 0) is 7.81 Å². The Labute approximate surface area is 151 Å². The summed E-state index contributed by atoms with van der Waals surface area (Å²) in [5.74, 6) is 0. The summed E-state index contributed by atoms with van der Waals surface area (Å²) >= 11 is -3.18. The van der Waals surface area contributed by atoms with Gasteiger partial charge in [-0.05, 0) is 0 Å². The van der Waals surface area contributed by atoms with Crippen LogP contribution >= 0.6 is 0 Å². The molecule has 0 radical (unpaired) electrons. The quantitative estimate of drug-likeness (QED) is 0.285. The predicted molar refractivity (Wildman–Crippen MR) is 104 cm³/mol. The fraction of sp³-hybridized carbons (Fsp3) is 1.00. The first kappa shape index (κ1) is 23.7.